The second-order valence-corrected chi connectivity index (χ2v) is 13.0. The van der Waals surface area contributed by atoms with Gasteiger partial charge in [0.25, 0.3) is 0 Å². The van der Waals surface area contributed by atoms with Crippen LogP contribution in [0.4, 0.5) is 10.1 Å². The molecule has 0 radical (unpaired) electrons. The molecule has 0 saturated carbocycles. The number of benzene rings is 2. The maximum atomic E-state index is 13.7. The highest BCUT2D eigenvalue weighted by Crippen LogP contribution is 2.43. The van der Waals surface area contributed by atoms with Crippen LogP contribution in [0.1, 0.15) is 41.7 Å². The zero-order valence-corrected chi connectivity index (χ0v) is 24.4. The summed E-state index contributed by atoms with van der Waals surface area (Å²) in [5.41, 5.74) is 4.46. The number of hydrogen-bond acceptors (Lipinski definition) is 7. The number of fused-ring (bicyclic) bond motifs is 1. The van der Waals surface area contributed by atoms with Gasteiger partial charge in [-0.15, -0.1) is 0 Å². The fourth-order valence-corrected chi connectivity index (χ4v) is 7.34. The molecule has 1 aliphatic rings. The third-order valence-corrected chi connectivity index (χ3v) is 10.1. The molecule has 4 aromatic rings. The Hall–Kier alpha value is -2.96. The Balaban J connectivity index is 1.58. The van der Waals surface area contributed by atoms with Crippen molar-refractivity contribution in [3.05, 3.63) is 83.4 Å². The van der Waals surface area contributed by atoms with Gasteiger partial charge in [0.2, 0.25) is 10.0 Å². The van der Waals surface area contributed by atoms with Crippen molar-refractivity contribution in [1.82, 2.24) is 14.6 Å². The van der Waals surface area contributed by atoms with Gasteiger partial charge in [0, 0.05) is 48.1 Å². The Morgan fingerprint density at radius 3 is 2.62 bits per heavy atom. The number of hydrogen-bond donors (Lipinski definition) is 2. The number of aromatic nitrogens is 1. The highest BCUT2D eigenvalue weighted by Gasteiger charge is 2.33. The first-order valence-corrected chi connectivity index (χ1v) is 16.0. The van der Waals surface area contributed by atoms with Crippen molar-refractivity contribution in [2.24, 2.45) is 0 Å². The molecule has 0 spiro atoms. The second-order valence-electron chi connectivity index (χ2n) is 9.98. The molecule has 1 aliphatic heterocycles. The molecule has 1 saturated heterocycles. The summed E-state index contributed by atoms with van der Waals surface area (Å²) >= 11 is 1.01. The number of anilines is 1. The van der Waals surface area contributed by atoms with E-state index in [0.717, 1.165) is 41.4 Å². The number of rotatable bonds is 9. The summed E-state index contributed by atoms with van der Waals surface area (Å²) < 4.78 is 50.4. The Labute approximate surface area is 238 Å². The summed E-state index contributed by atoms with van der Waals surface area (Å²) in [5.74, 6) is -0.0114. The van der Waals surface area contributed by atoms with Crippen LogP contribution in [0.3, 0.4) is 0 Å². The maximum Gasteiger partial charge on any atom is 0.218 e. The van der Waals surface area contributed by atoms with Crippen LogP contribution in [0.25, 0.3) is 22.3 Å². The molecule has 3 heterocycles. The maximum absolute atomic E-state index is 13.7. The molecular formula is C29H34FN4O4S2+. The number of piperidine rings is 1. The largest absolute Gasteiger partial charge is 0.456 e. The van der Waals surface area contributed by atoms with E-state index in [2.05, 4.69) is 14.6 Å². The number of pyridine rings is 1. The van der Waals surface area contributed by atoms with Crippen LogP contribution in [-0.4, -0.2) is 56.3 Å². The van der Waals surface area contributed by atoms with E-state index in [-0.39, 0.29) is 17.5 Å². The molecule has 2 N–H and O–H groups in total. The standard InChI is InChI=1S/C29H33FN4O4S2/c1-31-29(35)27-24-15-23(21-5-4-14-34(17-21)40(36,37)18-19-10-12-32-13-11-19)25(33(2)39-3)16-26(24)38-28(27)20-6-8-22(30)9-7-20/h6-13,15-16,21,29,31,35H,4-5,14,17-18H2,1-3H3/p+1/t21-,29?/m1/s1. The molecule has 0 amide bonds. The summed E-state index contributed by atoms with van der Waals surface area (Å²) in [7, 11) is 0.114. The topological polar surface area (TPSA) is 98.9 Å². The first kappa shape index (κ1) is 28.6. The van der Waals surface area contributed by atoms with Gasteiger partial charge in [-0.1, -0.05) is 0 Å². The van der Waals surface area contributed by atoms with Gasteiger partial charge in [0.1, 0.15) is 29.6 Å². The summed E-state index contributed by atoms with van der Waals surface area (Å²) in [5, 5.41) is 14.6. The molecule has 2 atom stereocenters. The zero-order chi connectivity index (χ0) is 28.4. The van der Waals surface area contributed by atoms with E-state index in [1.54, 1.807) is 48.0 Å². The van der Waals surface area contributed by atoms with Crippen LogP contribution in [-0.2, 0) is 27.7 Å². The molecule has 2 aromatic heterocycles. The lowest BCUT2D eigenvalue weighted by atomic mass is 9.89. The number of halogens is 1. The Morgan fingerprint density at radius 1 is 1.23 bits per heavy atom. The van der Waals surface area contributed by atoms with E-state index in [0.29, 0.717) is 41.1 Å². The molecule has 5 rings (SSSR count). The lowest BCUT2D eigenvalue weighted by Crippen LogP contribution is -2.40. The molecular weight excluding hydrogens is 551 g/mol. The minimum absolute atomic E-state index is 0.0479. The van der Waals surface area contributed by atoms with E-state index in [9.17, 15) is 17.9 Å². The van der Waals surface area contributed by atoms with Gasteiger partial charge < -0.3 is 9.52 Å². The van der Waals surface area contributed by atoms with Crippen LogP contribution in [0.2, 0.25) is 0 Å². The average molecular weight is 586 g/mol. The van der Waals surface area contributed by atoms with Crippen LogP contribution < -0.4 is 9.62 Å². The van der Waals surface area contributed by atoms with Gasteiger partial charge in [-0.05, 0) is 79.4 Å². The number of furan rings is 1. The number of thiol groups is 1. The van der Waals surface area contributed by atoms with Gasteiger partial charge in [0.05, 0.1) is 30.4 Å². The van der Waals surface area contributed by atoms with Crippen LogP contribution in [0.5, 0.6) is 0 Å². The van der Waals surface area contributed by atoms with Gasteiger partial charge in [-0.2, -0.15) is 4.31 Å². The molecule has 8 nitrogen and oxygen atoms in total. The molecule has 212 valence electrons. The number of aliphatic hydroxyl groups is 1. The minimum Gasteiger partial charge on any atom is -0.456 e. The van der Waals surface area contributed by atoms with Gasteiger partial charge in [-0.25, -0.2) is 17.1 Å². The van der Waals surface area contributed by atoms with E-state index in [1.807, 2.05) is 25.4 Å². The molecule has 0 aliphatic carbocycles. The van der Waals surface area contributed by atoms with Crippen molar-refractivity contribution >= 4 is 38.6 Å². The average Bonchev–Trinajstić information content (AvgIpc) is 3.35. The van der Waals surface area contributed by atoms with E-state index in [4.69, 9.17) is 4.42 Å². The van der Waals surface area contributed by atoms with Crippen molar-refractivity contribution in [2.75, 3.05) is 37.7 Å². The predicted octanol–water partition coefficient (Wildman–Crippen LogP) is 4.35. The highest BCUT2D eigenvalue weighted by molar-refractivity contribution is 7.88. The van der Waals surface area contributed by atoms with E-state index >= 15 is 0 Å². The summed E-state index contributed by atoms with van der Waals surface area (Å²) in [4.78, 5) is 3.99. The summed E-state index contributed by atoms with van der Waals surface area (Å²) in [6.45, 7) is 0.848. The molecule has 0 bridgehead atoms. The molecule has 2 aromatic carbocycles. The first-order valence-electron chi connectivity index (χ1n) is 13.1. The van der Waals surface area contributed by atoms with Crippen molar-refractivity contribution in [2.45, 2.75) is 30.7 Å². The Bertz CT molecular complexity index is 1580. The van der Waals surface area contributed by atoms with Crippen molar-refractivity contribution in [1.29, 1.82) is 0 Å². The number of nitrogens with zero attached hydrogens (tertiary/aromatic N) is 3. The van der Waals surface area contributed by atoms with Gasteiger partial charge >= 0.3 is 0 Å². The number of aliphatic hydroxyl groups excluding tert-OH is 1. The lowest BCUT2D eigenvalue weighted by molar-refractivity contribution is 0.150. The van der Waals surface area contributed by atoms with E-state index in [1.165, 1.54) is 12.1 Å². The second kappa shape index (κ2) is 11.9. The first-order chi connectivity index (χ1) is 19.2. The number of nitrogens with one attached hydrogen (secondary N) is 1. The van der Waals surface area contributed by atoms with E-state index < -0.39 is 16.3 Å². The van der Waals surface area contributed by atoms with Gasteiger partial charge in [0.15, 0.2) is 0 Å². The van der Waals surface area contributed by atoms with Crippen molar-refractivity contribution < 1.29 is 22.3 Å². The normalized spacial score (nSPS) is 17.3. The molecule has 1 unspecified atom stereocenters. The molecule has 1 fully saturated rings. The Morgan fingerprint density at radius 2 is 1.95 bits per heavy atom. The smallest absolute Gasteiger partial charge is 0.218 e. The fraction of sp³-hybridized carbons (Fsp3) is 0.345. The van der Waals surface area contributed by atoms with Crippen molar-refractivity contribution in [3.8, 4) is 11.3 Å². The predicted molar refractivity (Wildman–Crippen MR) is 159 cm³/mol. The number of sulfonamides is 1. The highest BCUT2D eigenvalue weighted by atomic mass is 32.2. The van der Waals surface area contributed by atoms with Gasteiger partial charge in [-0.3, -0.25) is 10.3 Å². The van der Waals surface area contributed by atoms with Crippen LogP contribution >= 0.6 is 0 Å². The monoisotopic (exact) mass is 585 g/mol. The fourth-order valence-electron chi connectivity index (χ4n) is 5.34. The molecule has 40 heavy (non-hydrogen) atoms. The third-order valence-electron chi connectivity index (χ3n) is 7.49. The summed E-state index contributed by atoms with van der Waals surface area (Å²) in [6.07, 6.45) is 5.79. The van der Waals surface area contributed by atoms with Crippen LogP contribution in [0.15, 0.2) is 65.3 Å². The lowest BCUT2D eigenvalue weighted by Gasteiger charge is -2.33. The van der Waals surface area contributed by atoms with Crippen LogP contribution in [0, 0.1) is 5.82 Å². The zero-order valence-electron chi connectivity index (χ0n) is 22.7. The minimum atomic E-state index is -3.53. The van der Waals surface area contributed by atoms with Crippen molar-refractivity contribution in [3.63, 3.8) is 0 Å². The SMILES string of the molecule is CNC(O)c1c(-c2ccc(F)cc2)oc2cc(N(C)[SH+]C)c([C@@H]3CCCN(S(=O)(=O)Cc4ccncc4)C3)cc12. The molecule has 11 heteroatoms. The third kappa shape index (κ3) is 5.75. The Kier molecular flexibility index (Phi) is 8.48. The summed E-state index contributed by atoms with van der Waals surface area (Å²) in [6, 6.07) is 13.4. The quantitative estimate of drug-likeness (QED) is 0.171.